The molecule has 266 valence electrons. The monoisotopic (exact) mass is 728 g/mol. The molecule has 0 N–H and O–H groups in total. The van der Waals surface area contributed by atoms with Crippen molar-refractivity contribution < 1.29 is 9.47 Å². The molecule has 0 unspecified atom stereocenters. The maximum absolute atomic E-state index is 6.86. The van der Waals surface area contributed by atoms with Crippen molar-refractivity contribution in [2.24, 2.45) is 0 Å². The zero-order valence-electron chi connectivity index (χ0n) is 30.8. The molecule has 3 heterocycles. The van der Waals surface area contributed by atoms with Crippen LogP contribution in [0.5, 0.6) is 23.0 Å². The Kier molecular flexibility index (Phi) is 6.99. The molecule has 0 radical (unpaired) electrons. The number of rotatable bonds is 5. The van der Waals surface area contributed by atoms with Crippen molar-refractivity contribution in [1.29, 1.82) is 0 Å². The van der Waals surface area contributed by atoms with Gasteiger partial charge >= 0.3 is 0 Å². The summed E-state index contributed by atoms with van der Waals surface area (Å²) in [6.07, 6.45) is 0. The highest BCUT2D eigenvalue weighted by atomic mass is 16.5. The van der Waals surface area contributed by atoms with Crippen LogP contribution in [0.3, 0.4) is 0 Å². The molecule has 10 aromatic rings. The smallest absolute Gasteiger partial charge is 0.260 e. The molecule has 1 aromatic heterocycles. The van der Waals surface area contributed by atoms with E-state index in [1.54, 1.807) is 0 Å². The fourth-order valence-corrected chi connectivity index (χ4v) is 9.14. The molecule has 0 saturated carbocycles. The Hall–Kier alpha value is -7.50. The van der Waals surface area contributed by atoms with Gasteiger partial charge in [0.25, 0.3) is 6.71 Å². The lowest BCUT2D eigenvalue weighted by Crippen LogP contribution is -2.57. The van der Waals surface area contributed by atoms with Crippen molar-refractivity contribution in [3.8, 4) is 39.8 Å². The van der Waals surface area contributed by atoms with Crippen LogP contribution in [-0.4, -0.2) is 11.3 Å². The second-order valence-corrected chi connectivity index (χ2v) is 14.9. The molecule has 2 aliphatic heterocycles. The molecule has 0 bridgehead atoms. The maximum atomic E-state index is 6.86. The first-order chi connectivity index (χ1) is 28.3. The van der Waals surface area contributed by atoms with Crippen LogP contribution in [0.15, 0.2) is 200 Å². The van der Waals surface area contributed by atoms with Crippen LogP contribution < -0.4 is 30.8 Å². The molecule has 0 saturated heterocycles. The van der Waals surface area contributed by atoms with Crippen molar-refractivity contribution in [2.45, 2.75) is 0 Å². The van der Waals surface area contributed by atoms with E-state index >= 15 is 0 Å². The van der Waals surface area contributed by atoms with Gasteiger partial charge in [-0.3, -0.25) is 0 Å². The number of nitrogens with zero attached hydrogens (tertiary/aromatic N) is 2. The number of aromatic nitrogens is 1. The number of hydrogen-bond donors (Lipinski definition) is 0. The minimum atomic E-state index is -0.0858. The number of hydrogen-bond acceptors (Lipinski definition) is 3. The zero-order chi connectivity index (χ0) is 37.5. The molecular formula is C52H33BN2O2. The first-order valence-electron chi connectivity index (χ1n) is 19.5. The molecule has 12 rings (SSSR count). The summed E-state index contributed by atoms with van der Waals surface area (Å²) in [5, 5.41) is 4.77. The van der Waals surface area contributed by atoms with Gasteiger partial charge in [-0.05, 0) is 88.1 Å². The molecule has 5 heteroatoms. The summed E-state index contributed by atoms with van der Waals surface area (Å²) in [6.45, 7) is -0.0858. The molecule has 0 aliphatic carbocycles. The third-order valence-corrected chi connectivity index (χ3v) is 11.7. The predicted molar refractivity (Wildman–Crippen MR) is 236 cm³/mol. The molecule has 57 heavy (non-hydrogen) atoms. The Morgan fingerprint density at radius 3 is 1.88 bits per heavy atom. The average Bonchev–Trinajstić information content (AvgIpc) is 3.59. The molecule has 9 aromatic carbocycles. The number of para-hydroxylation sites is 2. The largest absolute Gasteiger partial charge is 0.458 e. The first-order valence-corrected chi connectivity index (χ1v) is 19.5. The second-order valence-electron chi connectivity index (χ2n) is 14.9. The Bertz CT molecular complexity index is 3190. The van der Waals surface area contributed by atoms with Crippen LogP contribution >= 0.6 is 0 Å². The van der Waals surface area contributed by atoms with Gasteiger partial charge in [0, 0.05) is 50.8 Å². The number of ether oxygens (including phenoxy) is 2. The van der Waals surface area contributed by atoms with Gasteiger partial charge in [0.1, 0.15) is 23.0 Å². The Balaban J connectivity index is 1.07. The van der Waals surface area contributed by atoms with Gasteiger partial charge in [-0.25, -0.2) is 0 Å². The minimum Gasteiger partial charge on any atom is -0.458 e. The van der Waals surface area contributed by atoms with E-state index in [1.807, 2.05) is 6.07 Å². The summed E-state index contributed by atoms with van der Waals surface area (Å²) in [7, 11) is 0. The van der Waals surface area contributed by atoms with Gasteiger partial charge in [0.15, 0.2) is 0 Å². The SMILES string of the molecule is c1ccc(-c2ccc3c(c2)c2cc4c(cc2n3-c2ccccc2)Oc2cccc3c2B4c2ccc(N(c4ccccc4)c4cccc5ccccc45)cc2O3)cc1. The molecule has 4 nitrogen and oxygen atoms in total. The second kappa shape index (κ2) is 12.5. The lowest BCUT2D eigenvalue weighted by atomic mass is 9.35. The minimum absolute atomic E-state index is 0.0858. The molecule has 0 atom stereocenters. The normalized spacial score (nSPS) is 12.5. The maximum Gasteiger partial charge on any atom is 0.260 e. The first kappa shape index (κ1) is 31.8. The van der Waals surface area contributed by atoms with Crippen molar-refractivity contribution in [3.05, 3.63) is 200 Å². The summed E-state index contributed by atoms with van der Waals surface area (Å²) in [4.78, 5) is 2.34. The Labute approximate surface area is 330 Å². The van der Waals surface area contributed by atoms with E-state index in [-0.39, 0.29) is 6.71 Å². The van der Waals surface area contributed by atoms with Crippen molar-refractivity contribution in [2.75, 3.05) is 4.90 Å². The highest BCUT2D eigenvalue weighted by molar-refractivity contribution is 6.98. The molecule has 2 aliphatic rings. The van der Waals surface area contributed by atoms with Gasteiger partial charge in [0.2, 0.25) is 0 Å². The summed E-state index contributed by atoms with van der Waals surface area (Å²) in [6, 6.07) is 71.3. The predicted octanol–water partition coefficient (Wildman–Crippen LogP) is 11.8. The topological polar surface area (TPSA) is 26.6 Å². The van der Waals surface area contributed by atoms with E-state index in [0.717, 1.165) is 73.2 Å². The zero-order valence-corrected chi connectivity index (χ0v) is 30.8. The van der Waals surface area contributed by atoms with Crippen molar-refractivity contribution in [3.63, 3.8) is 0 Å². The standard InChI is InChI=1S/C52H33BN2O2/c1-4-14-34(15-5-1)36-26-29-46-41(30-36)42-32-44-51(33-47(42)55(46)38-20-8-3-9-21-38)57-49-25-13-24-48-52(49)53(44)43-28-27-39(31-50(43)56-48)54(37-18-6-2-7-19-37)45-23-12-17-35-16-10-11-22-40(35)45/h1-33H. The Morgan fingerprint density at radius 2 is 1.07 bits per heavy atom. The Morgan fingerprint density at radius 1 is 0.404 bits per heavy atom. The highest BCUT2D eigenvalue weighted by Crippen LogP contribution is 2.43. The van der Waals surface area contributed by atoms with Gasteiger partial charge in [-0.1, -0.05) is 127 Å². The van der Waals surface area contributed by atoms with Gasteiger partial charge in [0.05, 0.1) is 16.7 Å². The van der Waals surface area contributed by atoms with Gasteiger partial charge in [-0.2, -0.15) is 0 Å². The molecule has 0 fully saturated rings. The fraction of sp³-hybridized carbons (Fsp3) is 0. The van der Waals surface area contributed by atoms with Crippen LogP contribution in [0.4, 0.5) is 17.1 Å². The average molecular weight is 729 g/mol. The number of fused-ring (bicyclic) bond motifs is 8. The quantitative estimate of drug-likeness (QED) is 0.165. The third kappa shape index (κ3) is 4.95. The van der Waals surface area contributed by atoms with Crippen LogP contribution in [0.2, 0.25) is 0 Å². The summed E-state index contributed by atoms with van der Waals surface area (Å²) in [5.74, 6) is 3.35. The van der Waals surface area contributed by atoms with Gasteiger partial charge in [-0.15, -0.1) is 0 Å². The van der Waals surface area contributed by atoms with E-state index in [4.69, 9.17) is 9.47 Å². The van der Waals surface area contributed by atoms with Gasteiger partial charge < -0.3 is 18.9 Å². The summed E-state index contributed by atoms with van der Waals surface area (Å²) in [5.41, 5.74) is 12.3. The van der Waals surface area contributed by atoms with E-state index in [0.29, 0.717) is 0 Å². The van der Waals surface area contributed by atoms with E-state index in [1.165, 1.54) is 32.7 Å². The lowest BCUT2D eigenvalue weighted by molar-refractivity contribution is 0.465. The van der Waals surface area contributed by atoms with Crippen molar-refractivity contribution >= 4 is 72.7 Å². The molecule has 0 amide bonds. The number of anilines is 3. The third-order valence-electron chi connectivity index (χ3n) is 11.7. The van der Waals surface area contributed by atoms with Crippen LogP contribution in [0.1, 0.15) is 0 Å². The fourth-order valence-electron chi connectivity index (χ4n) is 9.14. The number of benzene rings is 9. The van der Waals surface area contributed by atoms with Crippen LogP contribution in [0, 0.1) is 0 Å². The summed E-state index contributed by atoms with van der Waals surface area (Å²) < 4.78 is 16.1. The molecule has 0 spiro atoms. The van der Waals surface area contributed by atoms with Crippen LogP contribution in [0.25, 0.3) is 49.4 Å². The van der Waals surface area contributed by atoms with Crippen LogP contribution in [-0.2, 0) is 0 Å². The lowest BCUT2D eigenvalue weighted by Gasteiger charge is -2.34. The highest BCUT2D eigenvalue weighted by Gasteiger charge is 2.41. The summed E-state index contributed by atoms with van der Waals surface area (Å²) >= 11 is 0. The van der Waals surface area contributed by atoms with E-state index < -0.39 is 0 Å². The van der Waals surface area contributed by atoms with E-state index in [2.05, 4.69) is 204 Å². The molecular weight excluding hydrogens is 695 g/mol. The van der Waals surface area contributed by atoms with E-state index in [9.17, 15) is 0 Å². The van der Waals surface area contributed by atoms with Crippen molar-refractivity contribution in [1.82, 2.24) is 4.57 Å².